The topological polar surface area (TPSA) is 78.7 Å². The maximum absolute atomic E-state index is 12.5. The largest absolute Gasteiger partial charge is 0.361 e. The third kappa shape index (κ3) is 2.86. The van der Waals surface area contributed by atoms with Crippen LogP contribution in [0.4, 0.5) is 4.79 Å². The molecule has 7 nitrogen and oxygen atoms in total. The summed E-state index contributed by atoms with van der Waals surface area (Å²) in [6.07, 6.45) is 2.96. The van der Waals surface area contributed by atoms with Gasteiger partial charge in [-0.15, -0.1) is 0 Å². The number of nitrogens with one attached hydrogen (secondary N) is 1. The van der Waals surface area contributed by atoms with Gasteiger partial charge in [-0.1, -0.05) is 5.16 Å². The molecule has 0 saturated carbocycles. The van der Waals surface area contributed by atoms with Crippen LogP contribution in [0.1, 0.15) is 36.8 Å². The number of likely N-dealkylation sites (tertiary alicyclic amines) is 1. The smallest absolute Gasteiger partial charge is 0.317 e. The van der Waals surface area contributed by atoms with Gasteiger partial charge in [-0.25, -0.2) is 4.79 Å². The van der Waals surface area contributed by atoms with Crippen LogP contribution < -0.4 is 5.32 Å². The van der Waals surface area contributed by atoms with Gasteiger partial charge in [0.1, 0.15) is 18.0 Å². The molecule has 2 aliphatic rings. The van der Waals surface area contributed by atoms with Crippen LogP contribution in [0, 0.1) is 6.92 Å². The van der Waals surface area contributed by atoms with Crippen LogP contribution in [-0.4, -0.2) is 53.1 Å². The predicted octanol–water partition coefficient (Wildman–Crippen LogP) is 1.06. The zero-order valence-electron chi connectivity index (χ0n) is 12.2. The van der Waals surface area contributed by atoms with Crippen LogP contribution in [0.15, 0.2) is 10.6 Å². The van der Waals surface area contributed by atoms with Gasteiger partial charge in [0.15, 0.2) is 0 Å². The average Bonchev–Trinajstić information content (AvgIpc) is 3.08. The quantitative estimate of drug-likeness (QED) is 0.903. The van der Waals surface area contributed by atoms with Crippen molar-refractivity contribution < 1.29 is 14.1 Å². The SMILES string of the molecule is Cc1cc(C2CCCCN2C(=O)CN2CCNC2=O)no1. The molecule has 1 unspecified atom stereocenters. The highest BCUT2D eigenvalue weighted by molar-refractivity contribution is 5.85. The number of urea groups is 1. The second-order valence-electron chi connectivity index (χ2n) is 5.61. The van der Waals surface area contributed by atoms with Gasteiger partial charge < -0.3 is 19.6 Å². The van der Waals surface area contributed by atoms with Crippen molar-refractivity contribution in [2.24, 2.45) is 0 Å². The van der Waals surface area contributed by atoms with Crippen molar-refractivity contribution in [1.82, 2.24) is 20.3 Å². The van der Waals surface area contributed by atoms with Gasteiger partial charge in [0.05, 0.1) is 6.04 Å². The fourth-order valence-corrected chi connectivity index (χ4v) is 3.00. The predicted molar refractivity (Wildman–Crippen MR) is 74.5 cm³/mol. The zero-order valence-corrected chi connectivity index (χ0v) is 12.2. The molecule has 0 radical (unpaired) electrons. The first kappa shape index (κ1) is 13.9. The number of nitrogens with zero attached hydrogens (tertiary/aromatic N) is 3. The van der Waals surface area contributed by atoms with Crippen LogP contribution >= 0.6 is 0 Å². The lowest BCUT2D eigenvalue weighted by Gasteiger charge is -2.35. The molecule has 1 atom stereocenters. The fraction of sp³-hybridized carbons (Fsp3) is 0.643. The van der Waals surface area contributed by atoms with Crippen LogP contribution in [0.2, 0.25) is 0 Å². The van der Waals surface area contributed by atoms with Crippen molar-refractivity contribution in [3.63, 3.8) is 0 Å². The molecular weight excluding hydrogens is 272 g/mol. The molecule has 0 spiro atoms. The number of amides is 3. The van der Waals surface area contributed by atoms with Crippen molar-refractivity contribution in [2.75, 3.05) is 26.2 Å². The number of piperidine rings is 1. The molecule has 0 bridgehead atoms. The van der Waals surface area contributed by atoms with Crippen LogP contribution in [0.25, 0.3) is 0 Å². The number of rotatable bonds is 3. The number of hydrogen-bond acceptors (Lipinski definition) is 4. The van der Waals surface area contributed by atoms with Gasteiger partial charge in [0, 0.05) is 25.7 Å². The van der Waals surface area contributed by atoms with E-state index in [0.29, 0.717) is 19.6 Å². The fourth-order valence-electron chi connectivity index (χ4n) is 3.00. The molecule has 1 aromatic heterocycles. The normalized spacial score (nSPS) is 22.5. The van der Waals surface area contributed by atoms with E-state index < -0.39 is 0 Å². The summed E-state index contributed by atoms with van der Waals surface area (Å²) in [4.78, 5) is 27.5. The molecule has 7 heteroatoms. The second-order valence-corrected chi connectivity index (χ2v) is 5.61. The highest BCUT2D eigenvalue weighted by atomic mass is 16.5. The maximum atomic E-state index is 12.5. The lowest BCUT2D eigenvalue weighted by atomic mass is 9.99. The van der Waals surface area contributed by atoms with E-state index in [1.165, 1.54) is 0 Å². The molecule has 0 aromatic carbocycles. The molecule has 3 amide bonds. The Kier molecular flexibility index (Phi) is 3.81. The molecule has 2 fully saturated rings. The van der Waals surface area contributed by atoms with Gasteiger partial charge in [0.2, 0.25) is 5.91 Å². The van der Waals surface area contributed by atoms with Crippen molar-refractivity contribution >= 4 is 11.9 Å². The molecule has 1 aromatic rings. The van der Waals surface area contributed by atoms with Gasteiger partial charge in [-0.2, -0.15) is 0 Å². The van der Waals surface area contributed by atoms with E-state index in [0.717, 1.165) is 30.7 Å². The molecule has 3 rings (SSSR count). The number of hydrogen-bond donors (Lipinski definition) is 1. The minimum Gasteiger partial charge on any atom is -0.361 e. The number of carbonyl (C=O) groups excluding carboxylic acids is 2. The first-order valence-electron chi connectivity index (χ1n) is 7.40. The molecule has 0 aliphatic carbocycles. The monoisotopic (exact) mass is 292 g/mol. The van der Waals surface area contributed by atoms with Gasteiger partial charge >= 0.3 is 6.03 Å². The minimum absolute atomic E-state index is 0.0163. The third-order valence-corrected chi connectivity index (χ3v) is 4.08. The van der Waals surface area contributed by atoms with Crippen molar-refractivity contribution in [3.8, 4) is 0 Å². The molecular formula is C14H20N4O3. The lowest BCUT2D eigenvalue weighted by Crippen LogP contribution is -2.45. The summed E-state index contributed by atoms with van der Waals surface area (Å²) in [5, 5.41) is 6.77. The highest BCUT2D eigenvalue weighted by Crippen LogP contribution is 2.30. The Morgan fingerprint density at radius 3 is 3.00 bits per heavy atom. The number of aromatic nitrogens is 1. The van der Waals surface area contributed by atoms with E-state index >= 15 is 0 Å². The van der Waals surface area contributed by atoms with Crippen molar-refractivity contribution in [1.29, 1.82) is 0 Å². The summed E-state index contributed by atoms with van der Waals surface area (Å²) < 4.78 is 5.13. The summed E-state index contributed by atoms with van der Waals surface area (Å²) in [6.45, 7) is 3.90. The van der Waals surface area contributed by atoms with Gasteiger partial charge in [-0.05, 0) is 26.2 Å². The number of carbonyl (C=O) groups is 2. The Hall–Kier alpha value is -2.05. The molecule has 1 N–H and O–H groups in total. The molecule has 114 valence electrons. The Morgan fingerprint density at radius 2 is 2.33 bits per heavy atom. The van der Waals surface area contributed by atoms with Crippen molar-refractivity contribution in [2.45, 2.75) is 32.2 Å². The minimum atomic E-state index is -0.158. The molecule has 3 heterocycles. The standard InChI is InChI=1S/C14H20N4O3/c1-10-8-11(16-21-10)12-4-2-3-6-18(12)13(19)9-17-7-5-15-14(17)20/h8,12H,2-7,9H2,1H3,(H,15,20). The Morgan fingerprint density at radius 1 is 1.48 bits per heavy atom. The van der Waals surface area contributed by atoms with E-state index in [1.54, 1.807) is 4.90 Å². The summed E-state index contributed by atoms with van der Waals surface area (Å²) in [5.74, 6) is 0.735. The number of aryl methyl sites for hydroxylation is 1. The summed E-state index contributed by atoms with van der Waals surface area (Å²) >= 11 is 0. The maximum Gasteiger partial charge on any atom is 0.317 e. The highest BCUT2D eigenvalue weighted by Gasteiger charge is 2.32. The van der Waals surface area contributed by atoms with Crippen LogP contribution in [0.3, 0.4) is 0 Å². The summed E-state index contributed by atoms with van der Waals surface area (Å²) in [6, 6.07) is 1.70. The molecule has 2 saturated heterocycles. The summed E-state index contributed by atoms with van der Waals surface area (Å²) in [7, 11) is 0. The van der Waals surface area contributed by atoms with Gasteiger partial charge in [-0.3, -0.25) is 4.79 Å². The molecule has 21 heavy (non-hydrogen) atoms. The Balaban J connectivity index is 1.71. The van der Waals surface area contributed by atoms with E-state index in [1.807, 2.05) is 17.9 Å². The average molecular weight is 292 g/mol. The lowest BCUT2D eigenvalue weighted by molar-refractivity contribution is -0.135. The summed E-state index contributed by atoms with van der Waals surface area (Å²) in [5.41, 5.74) is 0.812. The van der Waals surface area contributed by atoms with Gasteiger partial charge in [0.25, 0.3) is 0 Å². The third-order valence-electron chi connectivity index (χ3n) is 4.08. The molecule has 2 aliphatic heterocycles. The second kappa shape index (κ2) is 5.75. The van der Waals surface area contributed by atoms with Crippen LogP contribution in [0.5, 0.6) is 0 Å². The Labute approximate surface area is 123 Å². The van der Waals surface area contributed by atoms with E-state index in [-0.39, 0.29) is 24.5 Å². The van der Waals surface area contributed by atoms with E-state index in [2.05, 4.69) is 10.5 Å². The first-order chi connectivity index (χ1) is 10.1. The van der Waals surface area contributed by atoms with E-state index in [9.17, 15) is 9.59 Å². The first-order valence-corrected chi connectivity index (χ1v) is 7.40. The van der Waals surface area contributed by atoms with Crippen molar-refractivity contribution in [3.05, 3.63) is 17.5 Å². The van der Waals surface area contributed by atoms with E-state index in [4.69, 9.17) is 4.52 Å². The van der Waals surface area contributed by atoms with Crippen LogP contribution in [-0.2, 0) is 4.79 Å². The zero-order chi connectivity index (χ0) is 14.8. The Bertz CT molecular complexity index is 542.